The van der Waals surface area contributed by atoms with Gasteiger partial charge >= 0.3 is 20.2 Å². The van der Waals surface area contributed by atoms with Gasteiger partial charge in [-0.15, -0.1) is 0 Å². The van der Waals surface area contributed by atoms with Gasteiger partial charge in [0.05, 0.1) is 35.4 Å². The Labute approximate surface area is 164 Å². The molecule has 0 spiro atoms. The van der Waals surface area contributed by atoms with Crippen LogP contribution in [0.4, 0.5) is 0 Å². The third-order valence-electron chi connectivity index (χ3n) is 6.10. The van der Waals surface area contributed by atoms with Crippen molar-refractivity contribution in [2.24, 2.45) is 0 Å². The zero-order chi connectivity index (χ0) is 20.7. The highest BCUT2D eigenvalue weighted by molar-refractivity contribution is 6.59. The first-order valence-electron chi connectivity index (χ1n) is 9.76. The highest BCUT2D eigenvalue weighted by Crippen LogP contribution is 2.42. The fourth-order valence-corrected chi connectivity index (χ4v) is 2.95. The summed E-state index contributed by atoms with van der Waals surface area (Å²) < 4.78 is 29.6. The molecule has 152 valence electrons. The first-order valence-corrected chi connectivity index (χ1v) is 9.76. The summed E-state index contributed by atoms with van der Waals surface area (Å²) in [5.74, 6) is -0.277. The van der Waals surface area contributed by atoms with Gasteiger partial charge in [-0.2, -0.15) is 0 Å². The average Bonchev–Trinajstić information content (AvgIpc) is 2.82. The van der Waals surface area contributed by atoms with Crippen molar-refractivity contribution in [3.8, 4) is 0 Å². The largest absolute Gasteiger partial charge is 0.489 e. The smallest absolute Gasteiger partial charge is 0.466 e. The van der Waals surface area contributed by atoms with E-state index in [0.29, 0.717) is 12.9 Å². The fourth-order valence-electron chi connectivity index (χ4n) is 2.95. The average molecular weight is 380 g/mol. The van der Waals surface area contributed by atoms with Gasteiger partial charge in [-0.3, -0.25) is 4.79 Å². The van der Waals surface area contributed by atoms with Gasteiger partial charge in [0.25, 0.3) is 0 Å². The molecule has 0 bridgehead atoms. The van der Waals surface area contributed by atoms with Crippen LogP contribution in [0.1, 0.15) is 68.7 Å². The van der Waals surface area contributed by atoms with Gasteiger partial charge < -0.3 is 23.4 Å². The Morgan fingerprint density at radius 1 is 0.852 bits per heavy atom. The second-order valence-electron chi connectivity index (χ2n) is 9.27. The minimum Gasteiger partial charge on any atom is -0.466 e. The van der Waals surface area contributed by atoms with E-state index in [1.165, 1.54) is 0 Å². The van der Waals surface area contributed by atoms with Crippen molar-refractivity contribution in [3.05, 3.63) is 11.5 Å². The maximum atomic E-state index is 11.8. The number of rotatable bonds is 6. The Bertz CT molecular complexity index is 565. The van der Waals surface area contributed by atoms with Crippen LogP contribution in [0.2, 0.25) is 6.32 Å². The van der Waals surface area contributed by atoms with E-state index < -0.39 is 36.6 Å². The Hall–Kier alpha value is -0.820. The molecule has 6 nitrogen and oxygen atoms in total. The van der Waals surface area contributed by atoms with E-state index in [0.717, 1.165) is 5.47 Å². The Morgan fingerprint density at radius 2 is 1.30 bits per heavy atom. The van der Waals surface area contributed by atoms with E-state index in [2.05, 4.69) is 0 Å². The first-order chi connectivity index (χ1) is 12.2. The molecular formula is C19H34B2O6. The number of carbonyl (C=O) groups excluding carboxylic acids is 1. The topological polar surface area (TPSA) is 63.2 Å². The van der Waals surface area contributed by atoms with Crippen molar-refractivity contribution in [3.63, 3.8) is 0 Å². The fraction of sp³-hybridized carbons (Fsp3) is 0.842. The van der Waals surface area contributed by atoms with Crippen LogP contribution < -0.4 is 0 Å². The summed E-state index contributed by atoms with van der Waals surface area (Å²) in [4.78, 5) is 11.8. The van der Waals surface area contributed by atoms with E-state index in [1.807, 2.05) is 61.5 Å². The van der Waals surface area contributed by atoms with Gasteiger partial charge in [0.2, 0.25) is 0 Å². The molecule has 2 aliphatic heterocycles. The molecule has 0 saturated carbocycles. The van der Waals surface area contributed by atoms with Crippen molar-refractivity contribution >= 4 is 20.2 Å². The maximum Gasteiger partial charge on any atom is 0.489 e. The lowest BCUT2D eigenvalue weighted by Gasteiger charge is -2.32. The van der Waals surface area contributed by atoms with Gasteiger partial charge in [0.1, 0.15) is 0 Å². The summed E-state index contributed by atoms with van der Waals surface area (Å²) in [5.41, 5.74) is -0.923. The third-order valence-corrected chi connectivity index (χ3v) is 6.10. The van der Waals surface area contributed by atoms with Crippen molar-refractivity contribution in [1.29, 1.82) is 0 Å². The van der Waals surface area contributed by atoms with Crippen molar-refractivity contribution in [2.45, 2.75) is 97.5 Å². The molecule has 0 radical (unpaired) electrons. The molecular weight excluding hydrogens is 346 g/mol. The highest BCUT2D eigenvalue weighted by atomic mass is 16.7. The third kappa shape index (κ3) is 4.78. The molecule has 8 heteroatoms. The van der Waals surface area contributed by atoms with Crippen LogP contribution in [0, 0.1) is 0 Å². The zero-order valence-electron chi connectivity index (χ0n) is 18.3. The summed E-state index contributed by atoms with van der Waals surface area (Å²) in [5, 5.41) is 0. The summed E-state index contributed by atoms with van der Waals surface area (Å²) >= 11 is 0. The standard InChI is InChI=1S/C19H34B2O6/c1-10-23-15(22)12-11-14(21-26-18(6,7)19(8,9)27-21)13-20-24-16(2,3)17(4,5)25-20/h11H,10,12-13H2,1-9H3/b14-11+. The first kappa shape index (κ1) is 22.5. The van der Waals surface area contributed by atoms with Crippen LogP contribution in [-0.4, -0.2) is 49.2 Å². The van der Waals surface area contributed by atoms with Crippen LogP contribution >= 0.6 is 0 Å². The second kappa shape index (κ2) is 7.54. The van der Waals surface area contributed by atoms with Gasteiger partial charge in [0.15, 0.2) is 0 Å². The van der Waals surface area contributed by atoms with Crippen LogP contribution in [0.25, 0.3) is 0 Å². The Kier molecular flexibility index (Phi) is 6.28. The minimum absolute atomic E-state index is 0.159. The number of hydrogen-bond donors (Lipinski definition) is 0. The molecule has 0 N–H and O–H groups in total. The molecule has 0 aliphatic carbocycles. The Balaban J connectivity index is 2.19. The second-order valence-corrected chi connectivity index (χ2v) is 9.27. The van der Waals surface area contributed by atoms with E-state index in [1.54, 1.807) is 6.92 Å². The molecule has 2 aliphatic rings. The monoisotopic (exact) mass is 380 g/mol. The molecule has 2 saturated heterocycles. The van der Waals surface area contributed by atoms with Gasteiger partial charge in [-0.25, -0.2) is 0 Å². The van der Waals surface area contributed by atoms with Gasteiger partial charge in [0, 0.05) is 6.32 Å². The van der Waals surface area contributed by atoms with Crippen LogP contribution in [0.3, 0.4) is 0 Å². The molecule has 2 heterocycles. The SMILES string of the molecule is CCOC(=O)C/C=C(\CB1OC(C)(C)C(C)(C)O1)B1OC(C)(C)C(C)(C)O1. The molecule has 0 unspecified atom stereocenters. The van der Waals surface area contributed by atoms with E-state index in [9.17, 15) is 4.79 Å². The summed E-state index contributed by atoms with van der Waals surface area (Å²) in [7, 11) is -0.981. The summed E-state index contributed by atoms with van der Waals surface area (Å²) in [6.07, 6.45) is 2.45. The van der Waals surface area contributed by atoms with Crippen molar-refractivity contribution < 1.29 is 28.1 Å². The predicted octanol–water partition coefficient (Wildman–Crippen LogP) is 3.59. The zero-order valence-corrected chi connectivity index (χ0v) is 18.3. The van der Waals surface area contributed by atoms with Crippen molar-refractivity contribution in [1.82, 2.24) is 0 Å². The van der Waals surface area contributed by atoms with Crippen LogP contribution in [-0.2, 0) is 28.1 Å². The van der Waals surface area contributed by atoms with Crippen LogP contribution in [0.15, 0.2) is 11.5 Å². The summed E-state index contributed by atoms with van der Waals surface area (Å²) in [6.45, 7) is 18.2. The number of allylic oxidation sites excluding steroid dienone is 1. The number of ether oxygens (including phenoxy) is 1. The van der Waals surface area contributed by atoms with Gasteiger partial charge in [-0.1, -0.05) is 6.08 Å². The molecule has 2 fully saturated rings. The molecule has 2 rings (SSSR count). The van der Waals surface area contributed by atoms with Crippen LogP contribution in [0.5, 0.6) is 0 Å². The van der Waals surface area contributed by atoms with Gasteiger partial charge in [-0.05, 0) is 67.8 Å². The summed E-state index contributed by atoms with van der Waals surface area (Å²) in [6, 6.07) is 0. The molecule has 27 heavy (non-hydrogen) atoms. The minimum atomic E-state index is -0.552. The van der Waals surface area contributed by atoms with E-state index in [4.69, 9.17) is 23.4 Å². The predicted molar refractivity (Wildman–Crippen MR) is 106 cm³/mol. The van der Waals surface area contributed by atoms with Crippen molar-refractivity contribution in [2.75, 3.05) is 6.61 Å². The lowest BCUT2D eigenvalue weighted by molar-refractivity contribution is -0.142. The molecule has 0 aromatic carbocycles. The lowest BCUT2D eigenvalue weighted by Crippen LogP contribution is -2.41. The Morgan fingerprint density at radius 3 is 1.74 bits per heavy atom. The van der Waals surface area contributed by atoms with E-state index in [-0.39, 0.29) is 12.4 Å². The highest BCUT2D eigenvalue weighted by Gasteiger charge is 2.55. The number of hydrogen-bond acceptors (Lipinski definition) is 6. The number of esters is 1. The molecule has 0 atom stereocenters. The lowest BCUT2D eigenvalue weighted by atomic mass is 9.65. The molecule has 0 aromatic heterocycles. The van der Waals surface area contributed by atoms with E-state index >= 15 is 0 Å². The normalized spacial score (nSPS) is 25.7. The molecule has 0 aromatic rings. The number of carbonyl (C=O) groups is 1. The quantitative estimate of drug-likeness (QED) is 0.519. The maximum absolute atomic E-state index is 11.8. The molecule has 0 amide bonds.